The zero-order valence-corrected chi connectivity index (χ0v) is 8.02. The molecule has 0 unspecified atom stereocenters. The second-order valence-corrected chi connectivity index (χ2v) is 3.80. The fourth-order valence-electron chi connectivity index (χ4n) is 1.50. The van der Waals surface area contributed by atoms with E-state index >= 15 is 0 Å². The van der Waals surface area contributed by atoms with Gasteiger partial charge in [-0.15, -0.1) is 0 Å². The number of hydrogen-bond acceptors (Lipinski definition) is 2. The maximum atomic E-state index is 12.7. The summed E-state index contributed by atoms with van der Waals surface area (Å²) in [6, 6.07) is 0.536. The topological polar surface area (TPSA) is 15.3 Å². The Morgan fingerprint density at radius 2 is 2.33 bits per heavy atom. The molecule has 0 aromatic rings. The van der Waals surface area contributed by atoms with Crippen molar-refractivity contribution in [3.63, 3.8) is 0 Å². The van der Waals surface area contributed by atoms with Crippen LogP contribution in [0, 0.1) is 0 Å². The van der Waals surface area contributed by atoms with Crippen molar-refractivity contribution in [1.29, 1.82) is 0 Å². The van der Waals surface area contributed by atoms with Gasteiger partial charge in [-0.3, -0.25) is 4.90 Å². The maximum Gasteiger partial charge on any atom is 0.114 e. The first kappa shape index (κ1) is 9.93. The third kappa shape index (κ3) is 3.50. The Kier molecular flexibility index (Phi) is 3.95. The van der Waals surface area contributed by atoms with E-state index in [4.69, 9.17) is 0 Å². The van der Waals surface area contributed by atoms with Crippen molar-refractivity contribution >= 4 is 0 Å². The van der Waals surface area contributed by atoms with Crippen LogP contribution >= 0.6 is 0 Å². The summed E-state index contributed by atoms with van der Waals surface area (Å²) in [6.07, 6.45) is 0.144. The van der Waals surface area contributed by atoms with Gasteiger partial charge in [0.15, 0.2) is 0 Å². The molecule has 12 heavy (non-hydrogen) atoms. The summed E-state index contributed by atoms with van der Waals surface area (Å²) >= 11 is 0. The number of rotatable bonds is 4. The van der Waals surface area contributed by atoms with Crippen LogP contribution < -0.4 is 5.32 Å². The van der Waals surface area contributed by atoms with Gasteiger partial charge in [0, 0.05) is 32.2 Å². The Labute approximate surface area is 74.1 Å². The van der Waals surface area contributed by atoms with Crippen molar-refractivity contribution in [2.45, 2.75) is 32.5 Å². The van der Waals surface area contributed by atoms with E-state index < -0.39 is 6.17 Å². The van der Waals surface area contributed by atoms with Gasteiger partial charge in [0.1, 0.15) is 6.17 Å². The SMILES string of the molecule is CC(C)NCCN1CC[C@@H](F)C1. The molecule has 0 spiro atoms. The monoisotopic (exact) mass is 174 g/mol. The molecule has 0 aromatic carbocycles. The van der Waals surface area contributed by atoms with Gasteiger partial charge >= 0.3 is 0 Å². The fourth-order valence-corrected chi connectivity index (χ4v) is 1.50. The van der Waals surface area contributed by atoms with E-state index in [2.05, 4.69) is 24.1 Å². The zero-order chi connectivity index (χ0) is 8.97. The summed E-state index contributed by atoms with van der Waals surface area (Å²) in [5.41, 5.74) is 0. The highest BCUT2D eigenvalue weighted by atomic mass is 19.1. The standard InChI is InChI=1S/C9H19FN2/c1-8(2)11-4-6-12-5-3-9(10)7-12/h8-9,11H,3-7H2,1-2H3/t9-/m1/s1. The van der Waals surface area contributed by atoms with Gasteiger partial charge in [0.25, 0.3) is 0 Å². The van der Waals surface area contributed by atoms with Crippen LogP contribution in [0.4, 0.5) is 4.39 Å². The molecule has 0 radical (unpaired) electrons. The molecule has 72 valence electrons. The molecular weight excluding hydrogens is 155 g/mol. The van der Waals surface area contributed by atoms with Gasteiger partial charge in [0.2, 0.25) is 0 Å². The number of nitrogens with zero attached hydrogens (tertiary/aromatic N) is 1. The molecule has 3 heteroatoms. The van der Waals surface area contributed by atoms with Crippen LogP contribution in [0.25, 0.3) is 0 Å². The van der Waals surface area contributed by atoms with E-state index in [-0.39, 0.29) is 0 Å². The van der Waals surface area contributed by atoms with E-state index in [1.54, 1.807) is 0 Å². The van der Waals surface area contributed by atoms with Gasteiger partial charge in [0.05, 0.1) is 0 Å². The predicted molar refractivity (Wildman–Crippen MR) is 49.1 cm³/mol. The third-order valence-electron chi connectivity index (χ3n) is 2.20. The number of hydrogen-bond donors (Lipinski definition) is 1. The van der Waals surface area contributed by atoms with Crippen LogP contribution in [0.2, 0.25) is 0 Å². The molecule has 1 saturated heterocycles. The molecule has 0 bridgehead atoms. The van der Waals surface area contributed by atoms with E-state index in [0.29, 0.717) is 12.6 Å². The molecule has 1 aliphatic heterocycles. The highest BCUT2D eigenvalue weighted by molar-refractivity contribution is 4.75. The summed E-state index contributed by atoms with van der Waals surface area (Å²) in [5.74, 6) is 0. The highest BCUT2D eigenvalue weighted by Crippen LogP contribution is 2.10. The van der Waals surface area contributed by atoms with Crippen LogP contribution in [0.3, 0.4) is 0 Å². The molecule has 0 saturated carbocycles. The quantitative estimate of drug-likeness (QED) is 0.684. The van der Waals surface area contributed by atoms with Crippen LogP contribution in [-0.2, 0) is 0 Å². The lowest BCUT2D eigenvalue weighted by Gasteiger charge is -2.15. The van der Waals surface area contributed by atoms with Gasteiger partial charge in [-0.1, -0.05) is 13.8 Å². The number of alkyl halides is 1. The number of halogens is 1. The van der Waals surface area contributed by atoms with Gasteiger partial charge in [-0.25, -0.2) is 4.39 Å². The third-order valence-corrected chi connectivity index (χ3v) is 2.20. The van der Waals surface area contributed by atoms with Crippen molar-refractivity contribution in [2.75, 3.05) is 26.2 Å². The van der Waals surface area contributed by atoms with Crippen molar-refractivity contribution < 1.29 is 4.39 Å². The first-order valence-corrected chi connectivity index (χ1v) is 4.78. The molecule has 1 rings (SSSR count). The molecule has 0 aromatic heterocycles. The molecule has 2 nitrogen and oxygen atoms in total. The molecular formula is C9H19FN2. The van der Waals surface area contributed by atoms with E-state index in [0.717, 1.165) is 26.1 Å². The van der Waals surface area contributed by atoms with Gasteiger partial charge in [-0.2, -0.15) is 0 Å². The van der Waals surface area contributed by atoms with Gasteiger partial charge < -0.3 is 5.32 Å². The fraction of sp³-hybridized carbons (Fsp3) is 1.00. The zero-order valence-electron chi connectivity index (χ0n) is 8.02. The summed E-state index contributed by atoms with van der Waals surface area (Å²) in [7, 11) is 0. The van der Waals surface area contributed by atoms with Crippen LogP contribution in [0.15, 0.2) is 0 Å². The Hall–Kier alpha value is -0.150. The van der Waals surface area contributed by atoms with Crippen molar-refractivity contribution in [2.24, 2.45) is 0 Å². The minimum atomic E-state index is -0.580. The minimum Gasteiger partial charge on any atom is -0.313 e. The van der Waals surface area contributed by atoms with Crippen LogP contribution in [0.1, 0.15) is 20.3 Å². The molecule has 1 atom stereocenters. The molecule has 0 aliphatic carbocycles. The Morgan fingerprint density at radius 3 is 2.83 bits per heavy atom. The lowest BCUT2D eigenvalue weighted by atomic mass is 10.3. The summed E-state index contributed by atoms with van der Waals surface area (Å²) < 4.78 is 12.7. The maximum absolute atomic E-state index is 12.7. The molecule has 1 heterocycles. The average molecular weight is 174 g/mol. The lowest BCUT2D eigenvalue weighted by molar-refractivity contribution is 0.285. The van der Waals surface area contributed by atoms with Crippen LogP contribution in [0.5, 0.6) is 0 Å². The highest BCUT2D eigenvalue weighted by Gasteiger charge is 2.20. The normalized spacial score (nSPS) is 25.5. The molecule has 1 N–H and O–H groups in total. The first-order valence-electron chi connectivity index (χ1n) is 4.78. The molecule has 1 aliphatic rings. The Balaban J connectivity index is 2.00. The smallest absolute Gasteiger partial charge is 0.114 e. The van der Waals surface area contributed by atoms with E-state index in [1.165, 1.54) is 0 Å². The summed E-state index contributed by atoms with van der Waals surface area (Å²) in [4.78, 5) is 2.18. The molecule has 0 amide bonds. The summed E-state index contributed by atoms with van der Waals surface area (Å²) in [6.45, 7) is 7.79. The molecule has 1 fully saturated rings. The van der Waals surface area contributed by atoms with E-state index in [9.17, 15) is 4.39 Å². The largest absolute Gasteiger partial charge is 0.313 e. The lowest BCUT2D eigenvalue weighted by Crippen LogP contribution is -2.33. The predicted octanol–water partition coefficient (Wildman–Crippen LogP) is 1.03. The Morgan fingerprint density at radius 1 is 1.58 bits per heavy atom. The van der Waals surface area contributed by atoms with E-state index in [1.807, 2.05) is 0 Å². The minimum absolute atomic E-state index is 0.536. The Bertz CT molecular complexity index is 128. The number of likely N-dealkylation sites (tertiary alicyclic amines) is 1. The first-order chi connectivity index (χ1) is 5.68. The van der Waals surface area contributed by atoms with Crippen molar-refractivity contribution in [3.05, 3.63) is 0 Å². The summed E-state index contributed by atoms with van der Waals surface area (Å²) in [5, 5.41) is 3.32. The van der Waals surface area contributed by atoms with Crippen LogP contribution in [-0.4, -0.2) is 43.3 Å². The van der Waals surface area contributed by atoms with Crippen molar-refractivity contribution in [3.8, 4) is 0 Å². The second kappa shape index (κ2) is 4.77. The second-order valence-electron chi connectivity index (χ2n) is 3.80. The van der Waals surface area contributed by atoms with Crippen molar-refractivity contribution in [1.82, 2.24) is 10.2 Å². The van der Waals surface area contributed by atoms with Gasteiger partial charge in [-0.05, 0) is 6.42 Å². The number of nitrogens with one attached hydrogen (secondary N) is 1. The average Bonchev–Trinajstić information content (AvgIpc) is 2.35.